The second-order valence-corrected chi connectivity index (χ2v) is 8.05. The molecule has 1 aromatic carbocycles. The van der Waals surface area contributed by atoms with Gasteiger partial charge in [0.25, 0.3) is 0 Å². The Labute approximate surface area is 122 Å². The van der Waals surface area contributed by atoms with Crippen LogP contribution in [-0.2, 0) is 9.84 Å². The third kappa shape index (κ3) is 3.75. The summed E-state index contributed by atoms with van der Waals surface area (Å²) in [6.07, 6.45) is 7.46. The Bertz CT molecular complexity index is 566. The standard InChI is InChI=1S/C16H25NO2S/c1-4-13-6-5-7-14(10-13)17-16-11-15(20(3,18)19)9-8-12(16)2/h8-9,11,13-14,17H,4-7,10H2,1-3H3. The molecule has 3 nitrogen and oxygen atoms in total. The third-order valence-electron chi connectivity index (χ3n) is 4.36. The van der Waals surface area contributed by atoms with E-state index in [9.17, 15) is 8.42 Å². The normalized spacial score (nSPS) is 23.6. The first-order chi connectivity index (χ1) is 9.40. The molecule has 1 saturated carbocycles. The number of aryl methyl sites for hydroxylation is 1. The summed E-state index contributed by atoms with van der Waals surface area (Å²) in [7, 11) is -3.14. The number of hydrogen-bond acceptors (Lipinski definition) is 3. The number of anilines is 1. The Morgan fingerprint density at radius 1 is 1.30 bits per heavy atom. The minimum Gasteiger partial charge on any atom is -0.382 e. The topological polar surface area (TPSA) is 46.2 Å². The molecular weight excluding hydrogens is 270 g/mol. The first kappa shape index (κ1) is 15.4. The maximum absolute atomic E-state index is 11.7. The van der Waals surface area contributed by atoms with E-state index in [1.54, 1.807) is 12.1 Å². The van der Waals surface area contributed by atoms with Crippen molar-refractivity contribution in [2.24, 2.45) is 5.92 Å². The zero-order chi connectivity index (χ0) is 14.8. The van der Waals surface area contributed by atoms with Crippen LogP contribution < -0.4 is 5.32 Å². The van der Waals surface area contributed by atoms with E-state index in [0.29, 0.717) is 10.9 Å². The first-order valence-corrected chi connectivity index (χ1v) is 9.36. The monoisotopic (exact) mass is 295 g/mol. The van der Waals surface area contributed by atoms with Crippen molar-refractivity contribution in [1.29, 1.82) is 0 Å². The van der Waals surface area contributed by atoms with Gasteiger partial charge < -0.3 is 5.32 Å². The molecule has 0 amide bonds. The molecule has 112 valence electrons. The van der Waals surface area contributed by atoms with Crippen molar-refractivity contribution in [3.05, 3.63) is 23.8 Å². The van der Waals surface area contributed by atoms with Gasteiger partial charge in [-0.05, 0) is 43.4 Å². The van der Waals surface area contributed by atoms with E-state index < -0.39 is 9.84 Å². The molecule has 1 fully saturated rings. The summed E-state index contributed by atoms with van der Waals surface area (Å²) in [4.78, 5) is 0.397. The summed E-state index contributed by atoms with van der Waals surface area (Å²) in [5, 5.41) is 3.56. The van der Waals surface area contributed by atoms with Gasteiger partial charge in [0.15, 0.2) is 9.84 Å². The van der Waals surface area contributed by atoms with Gasteiger partial charge in [0.05, 0.1) is 4.90 Å². The zero-order valence-electron chi connectivity index (χ0n) is 12.6. The lowest BCUT2D eigenvalue weighted by Gasteiger charge is -2.30. The molecule has 0 aromatic heterocycles. The van der Waals surface area contributed by atoms with Crippen molar-refractivity contribution in [2.45, 2.75) is 56.9 Å². The molecule has 0 aliphatic heterocycles. The lowest BCUT2D eigenvalue weighted by atomic mass is 9.84. The average molecular weight is 295 g/mol. The van der Waals surface area contributed by atoms with Crippen LogP contribution >= 0.6 is 0 Å². The van der Waals surface area contributed by atoms with Crippen LogP contribution in [-0.4, -0.2) is 20.7 Å². The van der Waals surface area contributed by atoms with Gasteiger partial charge in [0, 0.05) is 18.0 Å². The maximum Gasteiger partial charge on any atom is 0.175 e. The van der Waals surface area contributed by atoms with Crippen LogP contribution in [0.25, 0.3) is 0 Å². The van der Waals surface area contributed by atoms with Crippen molar-refractivity contribution in [3.8, 4) is 0 Å². The van der Waals surface area contributed by atoms with E-state index in [4.69, 9.17) is 0 Å². The van der Waals surface area contributed by atoms with Crippen LogP contribution in [0.3, 0.4) is 0 Å². The van der Waals surface area contributed by atoms with Crippen molar-refractivity contribution in [3.63, 3.8) is 0 Å². The number of hydrogen-bond donors (Lipinski definition) is 1. The summed E-state index contributed by atoms with van der Waals surface area (Å²) in [6, 6.07) is 5.83. The van der Waals surface area contributed by atoms with Crippen LogP contribution in [0, 0.1) is 12.8 Å². The molecule has 0 spiro atoms. The summed E-state index contributed by atoms with van der Waals surface area (Å²) in [5.41, 5.74) is 2.07. The van der Waals surface area contributed by atoms with Gasteiger partial charge in [-0.3, -0.25) is 0 Å². The molecule has 20 heavy (non-hydrogen) atoms. The van der Waals surface area contributed by atoms with Gasteiger partial charge >= 0.3 is 0 Å². The van der Waals surface area contributed by atoms with Crippen LogP contribution in [0.2, 0.25) is 0 Å². The van der Waals surface area contributed by atoms with Crippen molar-refractivity contribution >= 4 is 15.5 Å². The maximum atomic E-state index is 11.7. The molecule has 0 saturated heterocycles. The molecule has 1 aromatic rings. The van der Waals surface area contributed by atoms with E-state index in [-0.39, 0.29) is 0 Å². The predicted molar refractivity (Wildman–Crippen MR) is 83.9 cm³/mol. The molecule has 0 radical (unpaired) electrons. The Kier molecular flexibility index (Phi) is 4.74. The second kappa shape index (κ2) is 6.17. The fourth-order valence-corrected chi connectivity index (χ4v) is 3.65. The van der Waals surface area contributed by atoms with E-state index >= 15 is 0 Å². The summed E-state index contributed by atoms with van der Waals surface area (Å²) >= 11 is 0. The van der Waals surface area contributed by atoms with Gasteiger partial charge in [-0.2, -0.15) is 0 Å². The Hall–Kier alpha value is -1.03. The lowest BCUT2D eigenvalue weighted by Crippen LogP contribution is -2.27. The molecule has 0 bridgehead atoms. The number of rotatable bonds is 4. The molecular formula is C16H25NO2S. The largest absolute Gasteiger partial charge is 0.382 e. The van der Waals surface area contributed by atoms with Gasteiger partial charge in [-0.1, -0.05) is 32.3 Å². The number of benzene rings is 1. The minimum atomic E-state index is -3.14. The van der Waals surface area contributed by atoms with Crippen LogP contribution in [0.4, 0.5) is 5.69 Å². The second-order valence-electron chi connectivity index (χ2n) is 6.03. The summed E-state index contributed by atoms with van der Waals surface area (Å²) < 4.78 is 23.3. The van der Waals surface area contributed by atoms with Crippen LogP contribution in [0.5, 0.6) is 0 Å². The SMILES string of the molecule is CCC1CCCC(Nc2cc(S(C)(=O)=O)ccc2C)C1. The van der Waals surface area contributed by atoms with Crippen LogP contribution in [0.15, 0.2) is 23.1 Å². The van der Waals surface area contributed by atoms with E-state index in [1.165, 1.54) is 38.4 Å². The van der Waals surface area contributed by atoms with Crippen molar-refractivity contribution < 1.29 is 8.42 Å². The average Bonchev–Trinajstić information content (AvgIpc) is 2.40. The smallest absolute Gasteiger partial charge is 0.175 e. The van der Waals surface area contributed by atoms with Crippen molar-refractivity contribution in [1.82, 2.24) is 0 Å². The van der Waals surface area contributed by atoms with E-state index in [1.807, 2.05) is 13.0 Å². The Morgan fingerprint density at radius 2 is 2.05 bits per heavy atom. The highest BCUT2D eigenvalue weighted by molar-refractivity contribution is 7.90. The molecule has 2 rings (SSSR count). The summed E-state index contributed by atoms with van der Waals surface area (Å²) in [6.45, 7) is 4.27. The van der Waals surface area contributed by atoms with Crippen molar-refractivity contribution in [2.75, 3.05) is 11.6 Å². The molecule has 1 N–H and O–H groups in total. The minimum absolute atomic E-state index is 0.397. The molecule has 2 unspecified atom stereocenters. The highest BCUT2D eigenvalue weighted by Gasteiger charge is 2.21. The number of sulfone groups is 1. The Balaban J connectivity index is 2.16. The fraction of sp³-hybridized carbons (Fsp3) is 0.625. The lowest BCUT2D eigenvalue weighted by molar-refractivity contribution is 0.327. The predicted octanol–water partition coefficient (Wildman–Crippen LogP) is 3.78. The van der Waals surface area contributed by atoms with E-state index in [0.717, 1.165) is 17.2 Å². The first-order valence-electron chi connectivity index (χ1n) is 7.47. The van der Waals surface area contributed by atoms with Crippen LogP contribution in [0.1, 0.15) is 44.6 Å². The van der Waals surface area contributed by atoms with Gasteiger partial charge in [-0.15, -0.1) is 0 Å². The summed E-state index contributed by atoms with van der Waals surface area (Å²) in [5.74, 6) is 0.805. The van der Waals surface area contributed by atoms with Gasteiger partial charge in [-0.25, -0.2) is 8.42 Å². The molecule has 0 heterocycles. The van der Waals surface area contributed by atoms with Gasteiger partial charge in [0.1, 0.15) is 0 Å². The highest BCUT2D eigenvalue weighted by atomic mass is 32.2. The van der Waals surface area contributed by atoms with Gasteiger partial charge in [0.2, 0.25) is 0 Å². The zero-order valence-corrected chi connectivity index (χ0v) is 13.5. The molecule has 2 atom stereocenters. The molecule has 4 heteroatoms. The molecule has 1 aliphatic carbocycles. The Morgan fingerprint density at radius 3 is 2.70 bits per heavy atom. The fourth-order valence-electron chi connectivity index (χ4n) is 3.00. The van der Waals surface area contributed by atoms with E-state index in [2.05, 4.69) is 12.2 Å². The quantitative estimate of drug-likeness (QED) is 0.919. The molecule has 1 aliphatic rings. The highest BCUT2D eigenvalue weighted by Crippen LogP contribution is 2.30. The third-order valence-corrected chi connectivity index (χ3v) is 5.47. The number of nitrogens with one attached hydrogen (secondary N) is 1.